The quantitative estimate of drug-likeness (QED) is 0.928. The summed E-state index contributed by atoms with van der Waals surface area (Å²) in [6.45, 7) is 5.32. The largest absolute Gasteiger partial charge is 0.241 e. The summed E-state index contributed by atoms with van der Waals surface area (Å²) in [5, 5.41) is 0. The van der Waals surface area contributed by atoms with Gasteiger partial charge >= 0.3 is 0 Å². The van der Waals surface area contributed by atoms with Gasteiger partial charge in [-0.05, 0) is 55.9 Å². The molecular formula is C14H20FNO2S. The zero-order valence-electron chi connectivity index (χ0n) is 11.5. The van der Waals surface area contributed by atoms with Crippen LogP contribution in [0.25, 0.3) is 0 Å². The zero-order valence-corrected chi connectivity index (χ0v) is 12.3. The zero-order chi connectivity index (χ0) is 14.2. The summed E-state index contributed by atoms with van der Waals surface area (Å²) in [6.07, 6.45) is 2.98. The van der Waals surface area contributed by atoms with Crippen molar-refractivity contribution in [3.63, 3.8) is 0 Å². The summed E-state index contributed by atoms with van der Waals surface area (Å²) >= 11 is 0. The summed E-state index contributed by atoms with van der Waals surface area (Å²) in [5.74, 6) is -0.0426. The Morgan fingerprint density at radius 3 is 2.26 bits per heavy atom. The number of halogens is 1. The lowest BCUT2D eigenvalue weighted by molar-refractivity contribution is 0.476. The Balaban J connectivity index is 2.34. The van der Waals surface area contributed by atoms with E-state index >= 15 is 0 Å². The van der Waals surface area contributed by atoms with Gasteiger partial charge < -0.3 is 0 Å². The third-order valence-electron chi connectivity index (χ3n) is 3.86. The van der Waals surface area contributed by atoms with Gasteiger partial charge in [0.05, 0.1) is 4.90 Å². The first-order valence-electron chi connectivity index (χ1n) is 6.60. The van der Waals surface area contributed by atoms with Crippen molar-refractivity contribution < 1.29 is 12.8 Å². The molecule has 0 amide bonds. The standard InChI is InChI=1S/C14H20FNO2S/c1-9-5-4-6-13(9)16-19(17,18)14-10(2)7-12(15)8-11(14)3/h7-9,13,16H,4-6H2,1-3H3. The van der Waals surface area contributed by atoms with E-state index < -0.39 is 15.8 Å². The van der Waals surface area contributed by atoms with Crippen LogP contribution in [0.5, 0.6) is 0 Å². The molecule has 0 saturated heterocycles. The van der Waals surface area contributed by atoms with Crippen molar-refractivity contribution in [3.05, 3.63) is 29.1 Å². The average molecular weight is 285 g/mol. The summed E-state index contributed by atoms with van der Waals surface area (Å²) < 4.78 is 40.9. The van der Waals surface area contributed by atoms with Crippen LogP contribution in [0.4, 0.5) is 4.39 Å². The third-order valence-corrected chi connectivity index (χ3v) is 5.66. The Bertz CT molecular complexity index is 560. The van der Waals surface area contributed by atoms with E-state index in [1.54, 1.807) is 13.8 Å². The van der Waals surface area contributed by atoms with Crippen molar-refractivity contribution in [1.82, 2.24) is 4.72 Å². The molecule has 0 aromatic heterocycles. The highest BCUT2D eigenvalue weighted by molar-refractivity contribution is 7.89. The Morgan fingerprint density at radius 2 is 1.79 bits per heavy atom. The fraction of sp³-hybridized carbons (Fsp3) is 0.571. The van der Waals surface area contributed by atoms with E-state index in [-0.39, 0.29) is 10.9 Å². The number of sulfonamides is 1. The molecule has 0 spiro atoms. The van der Waals surface area contributed by atoms with Gasteiger partial charge in [0.1, 0.15) is 5.82 Å². The van der Waals surface area contributed by atoms with Crippen LogP contribution in [-0.2, 0) is 10.0 Å². The fourth-order valence-electron chi connectivity index (χ4n) is 2.90. The molecule has 3 nitrogen and oxygen atoms in total. The van der Waals surface area contributed by atoms with Crippen LogP contribution in [0.15, 0.2) is 17.0 Å². The van der Waals surface area contributed by atoms with Crippen LogP contribution in [0.3, 0.4) is 0 Å². The van der Waals surface area contributed by atoms with Crippen LogP contribution in [-0.4, -0.2) is 14.5 Å². The van der Waals surface area contributed by atoms with Gasteiger partial charge in [-0.2, -0.15) is 0 Å². The number of benzene rings is 1. The van der Waals surface area contributed by atoms with Crippen molar-refractivity contribution in [1.29, 1.82) is 0 Å². The molecule has 2 unspecified atom stereocenters. The maximum absolute atomic E-state index is 13.2. The second-order valence-corrected chi connectivity index (χ2v) is 7.16. The van der Waals surface area contributed by atoms with E-state index in [9.17, 15) is 12.8 Å². The molecule has 1 aliphatic rings. The molecule has 19 heavy (non-hydrogen) atoms. The van der Waals surface area contributed by atoms with Crippen molar-refractivity contribution >= 4 is 10.0 Å². The maximum atomic E-state index is 13.2. The number of aryl methyl sites for hydroxylation is 2. The highest BCUT2D eigenvalue weighted by atomic mass is 32.2. The van der Waals surface area contributed by atoms with E-state index in [0.717, 1.165) is 19.3 Å². The minimum Gasteiger partial charge on any atom is -0.208 e. The molecule has 0 radical (unpaired) electrons. The molecule has 2 rings (SSSR count). The van der Waals surface area contributed by atoms with Gasteiger partial charge in [-0.3, -0.25) is 0 Å². The first-order chi connectivity index (χ1) is 8.81. The summed E-state index contributed by atoms with van der Waals surface area (Å²) in [7, 11) is -3.57. The summed E-state index contributed by atoms with van der Waals surface area (Å²) in [4.78, 5) is 0.216. The number of hydrogen-bond acceptors (Lipinski definition) is 2. The van der Waals surface area contributed by atoms with Crippen LogP contribution in [0.2, 0.25) is 0 Å². The Labute approximate surface area is 114 Å². The number of hydrogen-bond donors (Lipinski definition) is 1. The molecule has 5 heteroatoms. The Morgan fingerprint density at radius 1 is 1.21 bits per heavy atom. The molecular weight excluding hydrogens is 265 g/mol. The van der Waals surface area contributed by atoms with Crippen LogP contribution < -0.4 is 4.72 Å². The lowest BCUT2D eigenvalue weighted by atomic mass is 10.1. The van der Waals surface area contributed by atoms with Gasteiger partial charge in [-0.1, -0.05) is 13.3 Å². The first-order valence-corrected chi connectivity index (χ1v) is 8.08. The molecule has 0 heterocycles. The second kappa shape index (κ2) is 5.21. The van der Waals surface area contributed by atoms with Gasteiger partial charge in [0, 0.05) is 6.04 Å². The number of nitrogens with one attached hydrogen (secondary N) is 1. The van der Waals surface area contributed by atoms with Crippen LogP contribution in [0, 0.1) is 25.6 Å². The highest BCUT2D eigenvalue weighted by Crippen LogP contribution is 2.28. The Kier molecular flexibility index (Phi) is 3.97. The molecule has 1 fully saturated rings. The third kappa shape index (κ3) is 2.98. The second-order valence-electron chi connectivity index (χ2n) is 5.50. The van der Waals surface area contributed by atoms with Crippen molar-refractivity contribution in [2.24, 2.45) is 5.92 Å². The average Bonchev–Trinajstić information content (AvgIpc) is 2.61. The molecule has 1 aliphatic carbocycles. The monoisotopic (exact) mass is 285 g/mol. The molecule has 2 atom stereocenters. The van der Waals surface area contributed by atoms with Gasteiger partial charge in [-0.15, -0.1) is 0 Å². The van der Waals surface area contributed by atoms with Crippen LogP contribution in [0.1, 0.15) is 37.3 Å². The Hall–Kier alpha value is -0.940. The normalized spacial score (nSPS) is 23.8. The SMILES string of the molecule is Cc1cc(F)cc(C)c1S(=O)(=O)NC1CCCC1C. The predicted octanol–water partition coefficient (Wildman–Crippen LogP) is 2.91. The minimum atomic E-state index is -3.57. The summed E-state index contributed by atoms with van der Waals surface area (Å²) in [6, 6.07) is 2.52. The molecule has 106 valence electrons. The molecule has 1 N–H and O–H groups in total. The van der Waals surface area contributed by atoms with E-state index in [1.165, 1.54) is 12.1 Å². The maximum Gasteiger partial charge on any atom is 0.241 e. The molecule has 1 aromatic rings. The summed E-state index contributed by atoms with van der Waals surface area (Å²) in [5.41, 5.74) is 0.909. The highest BCUT2D eigenvalue weighted by Gasteiger charge is 2.29. The number of rotatable bonds is 3. The van der Waals surface area contributed by atoms with Gasteiger partial charge in [0.25, 0.3) is 0 Å². The first kappa shape index (κ1) is 14.5. The molecule has 1 saturated carbocycles. The van der Waals surface area contributed by atoms with Gasteiger partial charge in [0.2, 0.25) is 10.0 Å². The lowest BCUT2D eigenvalue weighted by Crippen LogP contribution is -2.37. The van der Waals surface area contributed by atoms with E-state index in [0.29, 0.717) is 17.0 Å². The van der Waals surface area contributed by atoms with E-state index in [1.807, 2.05) is 0 Å². The minimum absolute atomic E-state index is 0.00569. The fourth-order valence-corrected chi connectivity index (χ4v) is 4.73. The van der Waals surface area contributed by atoms with Gasteiger partial charge in [0.15, 0.2) is 0 Å². The van der Waals surface area contributed by atoms with E-state index in [2.05, 4.69) is 11.6 Å². The van der Waals surface area contributed by atoms with Crippen molar-refractivity contribution in [2.75, 3.05) is 0 Å². The molecule has 0 aliphatic heterocycles. The predicted molar refractivity (Wildman–Crippen MR) is 73.0 cm³/mol. The van der Waals surface area contributed by atoms with Gasteiger partial charge in [-0.25, -0.2) is 17.5 Å². The van der Waals surface area contributed by atoms with E-state index in [4.69, 9.17) is 0 Å². The van der Waals surface area contributed by atoms with Crippen molar-refractivity contribution in [2.45, 2.75) is 51.0 Å². The smallest absolute Gasteiger partial charge is 0.208 e. The van der Waals surface area contributed by atoms with Crippen molar-refractivity contribution in [3.8, 4) is 0 Å². The van der Waals surface area contributed by atoms with Crippen LogP contribution >= 0.6 is 0 Å². The lowest BCUT2D eigenvalue weighted by Gasteiger charge is -2.19. The topological polar surface area (TPSA) is 46.2 Å². The molecule has 0 bridgehead atoms. The molecule has 1 aromatic carbocycles.